The molecule has 3 aromatic carbocycles. The predicted octanol–water partition coefficient (Wildman–Crippen LogP) is 7.32. The Kier molecular flexibility index (Phi) is 9.01. The molecule has 2 aromatic heterocycles. The summed E-state index contributed by atoms with van der Waals surface area (Å²) in [5.74, 6) is -6.86. The molecule has 0 spiro atoms. The summed E-state index contributed by atoms with van der Waals surface area (Å²) in [4.78, 5) is 8.10. The summed E-state index contributed by atoms with van der Waals surface area (Å²) < 4.78 is 53.4. The fourth-order valence-electron chi connectivity index (χ4n) is 3.15. The van der Waals surface area contributed by atoms with Crippen molar-refractivity contribution >= 4 is 0 Å². The first-order chi connectivity index (χ1) is 16.5. The SMILES string of the molecule is Fc1[c-]c(-c2cc(-c3ccccc3)ccn2)c(F)c(F)c1F.[Ir].[c-]1ccccc1-c1ccccn1. The van der Waals surface area contributed by atoms with Crippen LogP contribution in [0.15, 0.2) is 97.3 Å². The van der Waals surface area contributed by atoms with Gasteiger partial charge in [0.25, 0.3) is 0 Å². The van der Waals surface area contributed by atoms with Gasteiger partial charge in [0, 0.05) is 32.5 Å². The Bertz CT molecular complexity index is 1350. The fourth-order valence-corrected chi connectivity index (χ4v) is 3.15. The van der Waals surface area contributed by atoms with Crippen LogP contribution in [-0.2, 0) is 20.1 Å². The summed E-state index contributed by atoms with van der Waals surface area (Å²) in [6.45, 7) is 0. The summed E-state index contributed by atoms with van der Waals surface area (Å²) in [7, 11) is 0. The minimum absolute atomic E-state index is 0. The molecular formula is C28H16F4IrN2-2. The van der Waals surface area contributed by atoms with E-state index >= 15 is 0 Å². The van der Waals surface area contributed by atoms with Crippen molar-refractivity contribution in [3.63, 3.8) is 0 Å². The van der Waals surface area contributed by atoms with Gasteiger partial charge in [0.05, 0.1) is 11.6 Å². The molecule has 0 bridgehead atoms. The predicted molar refractivity (Wildman–Crippen MR) is 122 cm³/mol. The Morgan fingerprint density at radius 1 is 0.600 bits per heavy atom. The summed E-state index contributed by atoms with van der Waals surface area (Å²) >= 11 is 0. The van der Waals surface area contributed by atoms with Crippen molar-refractivity contribution in [2.75, 3.05) is 0 Å². The van der Waals surface area contributed by atoms with Crippen molar-refractivity contribution in [2.24, 2.45) is 0 Å². The molecule has 0 amide bonds. The van der Waals surface area contributed by atoms with E-state index in [1.807, 2.05) is 78.9 Å². The molecule has 0 atom stereocenters. The summed E-state index contributed by atoms with van der Waals surface area (Å²) in [6, 6.07) is 30.9. The Hall–Kier alpha value is -3.67. The molecule has 7 heteroatoms. The standard InChI is InChI=1S/C17H8F4N.C11H8N.Ir/c18-13-9-12(15(19)17(21)16(13)20)14-8-11(6-7-22-14)10-4-2-1-3-5-10;1-2-6-10(7-3-1)11-8-4-5-9-12-11;/h1-8H;1-6,8-9H;/q2*-1;. The average Bonchev–Trinajstić information content (AvgIpc) is 2.91. The minimum Gasteiger partial charge on any atom is -0.305 e. The first-order valence-corrected chi connectivity index (χ1v) is 10.2. The number of rotatable bonds is 3. The molecule has 2 nitrogen and oxygen atoms in total. The van der Waals surface area contributed by atoms with Gasteiger partial charge in [-0.25, -0.2) is 8.78 Å². The second-order valence-corrected chi connectivity index (χ2v) is 7.04. The quantitative estimate of drug-likeness (QED) is 0.0888. The molecule has 5 aromatic rings. The van der Waals surface area contributed by atoms with Gasteiger partial charge in [-0.1, -0.05) is 60.2 Å². The van der Waals surface area contributed by atoms with E-state index < -0.39 is 28.8 Å². The van der Waals surface area contributed by atoms with E-state index in [4.69, 9.17) is 0 Å². The maximum atomic E-state index is 13.8. The monoisotopic (exact) mass is 649 g/mol. The molecule has 0 unspecified atom stereocenters. The van der Waals surface area contributed by atoms with Crippen molar-refractivity contribution in [2.45, 2.75) is 0 Å². The molecule has 2 heterocycles. The zero-order chi connectivity index (χ0) is 23.9. The molecule has 0 fully saturated rings. The largest absolute Gasteiger partial charge is 0.305 e. The zero-order valence-corrected chi connectivity index (χ0v) is 20.4. The van der Waals surface area contributed by atoms with E-state index in [1.54, 1.807) is 12.3 Å². The number of hydrogen-bond donors (Lipinski definition) is 0. The smallest absolute Gasteiger partial charge is 0.114 e. The van der Waals surface area contributed by atoms with Gasteiger partial charge in [-0.05, 0) is 34.6 Å². The van der Waals surface area contributed by atoms with Crippen molar-refractivity contribution in [3.05, 3.63) is 133 Å². The summed E-state index contributed by atoms with van der Waals surface area (Å²) in [5.41, 5.74) is 2.94. The van der Waals surface area contributed by atoms with Gasteiger partial charge in [0.15, 0.2) is 0 Å². The van der Waals surface area contributed by atoms with Gasteiger partial charge < -0.3 is 9.97 Å². The topological polar surface area (TPSA) is 25.8 Å². The van der Waals surface area contributed by atoms with Gasteiger partial charge in [0.2, 0.25) is 0 Å². The van der Waals surface area contributed by atoms with Crippen LogP contribution in [0, 0.1) is 35.4 Å². The van der Waals surface area contributed by atoms with Gasteiger partial charge in [0.1, 0.15) is 11.6 Å². The third kappa shape index (κ3) is 6.27. The van der Waals surface area contributed by atoms with Gasteiger partial charge >= 0.3 is 0 Å². The molecular weight excluding hydrogens is 633 g/mol. The van der Waals surface area contributed by atoms with Crippen LogP contribution in [0.2, 0.25) is 0 Å². The molecule has 0 saturated carbocycles. The van der Waals surface area contributed by atoms with Crippen LogP contribution in [0.3, 0.4) is 0 Å². The third-order valence-electron chi connectivity index (χ3n) is 4.81. The third-order valence-corrected chi connectivity index (χ3v) is 4.81. The molecule has 177 valence electrons. The maximum absolute atomic E-state index is 13.8. The molecule has 1 radical (unpaired) electrons. The fraction of sp³-hybridized carbons (Fsp3) is 0. The summed E-state index contributed by atoms with van der Waals surface area (Å²) in [5, 5.41) is 0. The number of hydrogen-bond acceptors (Lipinski definition) is 2. The van der Waals surface area contributed by atoms with E-state index in [0.717, 1.165) is 16.8 Å². The van der Waals surface area contributed by atoms with Crippen LogP contribution < -0.4 is 0 Å². The van der Waals surface area contributed by atoms with Crippen molar-refractivity contribution in [3.8, 4) is 33.6 Å². The maximum Gasteiger partial charge on any atom is 0.114 e. The second-order valence-electron chi connectivity index (χ2n) is 7.04. The zero-order valence-electron chi connectivity index (χ0n) is 18.0. The van der Waals surface area contributed by atoms with Gasteiger partial charge in [-0.15, -0.1) is 35.9 Å². The number of nitrogens with zero attached hydrogens (tertiary/aromatic N) is 2. The van der Waals surface area contributed by atoms with E-state index in [1.165, 1.54) is 12.3 Å². The van der Waals surface area contributed by atoms with Crippen molar-refractivity contribution in [1.29, 1.82) is 0 Å². The van der Waals surface area contributed by atoms with Crippen LogP contribution in [0.4, 0.5) is 17.6 Å². The first-order valence-electron chi connectivity index (χ1n) is 10.2. The van der Waals surface area contributed by atoms with Crippen molar-refractivity contribution < 1.29 is 37.7 Å². The molecule has 0 N–H and O–H groups in total. The Labute approximate surface area is 213 Å². The molecule has 5 rings (SSSR count). The second kappa shape index (κ2) is 12.2. The molecule has 0 aliphatic heterocycles. The van der Waals surface area contributed by atoms with E-state index in [-0.39, 0.29) is 25.8 Å². The van der Waals surface area contributed by atoms with Gasteiger partial charge in [-0.3, -0.25) is 8.78 Å². The Morgan fingerprint density at radius 2 is 1.31 bits per heavy atom. The molecule has 0 aliphatic rings. The minimum atomic E-state index is -1.89. The van der Waals surface area contributed by atoms with E-state index in [0.29, 0.717) is 5.56 Å². The molecule has 0 saturated heterocycles. The summed E-state index contributed by atoms with van der Waals surface area (Å²) in [6.07, 6.45) is 3.17. The number of aromatic nitrogens is 2. The van der Waals surface area contributed by atoms with E-state index in [9.17, 15) is 17.6 Å². The Morgan fingerprint density at radius 3 is 2.00 bits per heavy atom. The van der Waals surface area contributed by atoms with Crippen molar-refractivity contribution in [1.82, 2.24) is 9.97 Å². The van der Waals surface area contributed by atoms with Crippen LogP contribution in [-0.4, -0.2) is 9.97 Å². The van der Waals surface area contributed by atoms with Crippen LogP contribution in [0.5, 0.6) is 0 Å². The molecule has 35 heavy (non-hydrogen) atoms. The molecule has 0 aliphatic carbocycles. The first kappa shape index (κ1) is 25.9. The number of halogens is 4. The number of benzene rings is 3. The van der Waals surface area contributed by atoms with Crippen LogP contribution >= 0.6 is 0 Å². The normalized spacial score (nSPS) is 10.1. The van der Waals surface area contributed by atoms with E-state index in [2.05, 4.69) is 16.0 Å². The average molecular weight is 649 g/mol. The number of pyridine rings is 2. The van der Waals surface area contributed by atoms with Crippen LogP contribution in [0.25, 0.3) is 33.6 Å². The Balaban J connectivity index is 0.000000223. The van der Waals surface area contributed by atoms with Gasteiger partial charge in [-0.2, -0.15) is 0 Å². The van der Waals surface area contributed by atoms with Crippen LogP contribution in [0.1, 0.15) is 0 Å².